The van der Waals surface area contributed by atoms with E-state index in [1.54, 1.807) is 18.2 Å². The molecule has 0 aromatic heterocycles. The second kappa shape index (κ2) is 4.58. The van der Waals surface area contributed by atoms with Crippen LogP contribution in [0.1, 0.15) is 32.3 Å². The van der Waals surface area contributed by atoms with Gasteiger partial charge in [0.1, 0.15) is 5.75 Å². The van der Waals surface area contributed by atoms with E-state index in [-0.39, 0.29) is 11.5 Å². The first-order valence-electron chi connectivity index (χ1n) is 5.79. The van der Waals surface area contributed by atoms with E-state index in [9.17, 15) is 9.90 Å². The van der Waals surface area contributed by atoms with Crippen LogP contribution in [-0.4, -0.2) is 10.9 Å². The van der Waals surface area contributed by atoms with Gasteiger partial charge in [-0.25, -0.2) is 0 Å². The molecule has 1 aliphatic rings. The van der Waals surface area contributed by atoms with E-state index >= 15 is 0 Å². The van der Waals surface area contributed by atoms with Crippen molar-refractivity contribution in [2.24, 2.45) is 0 Å². The molecular weight excluding hydrogens is 212 g/mol. The Morgan fingerprint density at radius 3 is 2.53 bits per heavy atom. The fraction of sp³-hybridized carbons (Fsp3) is 0.267. The minimum Gasteiger partial charge on any atom is -0.507 e. The maximum atomic E-state index is 11.9. The Morgan fingerprint density at radius 2 is 1.88 bits per heavy atom. The van der Waals surface area contributed by atoms with Gasteiger partial charge in [-0.15, -0.1) is 0 Å². The fourth-order valence-corrected chi connectivity index (χ4v) is 2.03. The molecule has 0 fully saturated rings. The summed E-state index contributed by atoms with van der Waals surface area (Å²) in [5.41, 5.74) is 3.69. The molecule has 0 heterocycles. The van der Waals surface area contributed by atoms with Crippen molar-refractivity contribution in [3.63, 3.8) is 0 Å². The number of carbonyl (C=O) groups excluding carboxylic acids is 1. The standard InChI is InChI=1S/C15H16O2/c1-10(2)11-7-8-15(17)13(9-11)12-5-3-4-6-14(12)16/h3-6,9,16H,7-8H2,1-2H3. The highest BCUT2D eigenvalue weighted by atomic mass is 16.3. The molecule has 2 nitrogen and oxygen atoms in total. The summed E-state index contributed by atoms with van der Waals surface area (Å²) in [7, 11) is 0. The van der Waals surface area contributed by atoms with Crippen molar-refractivity contribution in [2.45, 2.75) is 26.7 Å². The Balaban J connectivity index is 2.53. The Hall–Kier alpha value is -1.83. The summed E-state index contributed by atoms with van der Waals surface area (Å²) in [5.74, 6) is 0.276. The lowest BCUT2D eigenvalue weighted by Crippen LogP contribution is -2.08. The molecule has 0 radical (unpaired) electrons. The molecule has 1 aliphatic carbocycles. The molecule has 0 aliphatic heterocycles. The molecule has 0 atom stereocenters. The van der Waals surface area contributed by atoms with Gasteiger partial charge < -0.3 is 5.11 Å². The lowest BCUT2D eigenvalue weighted by atomic mass is 9.87. The Bertz CT molecular complexity index is 517. The van der Waals surface area contributed by atoms with Crippen molar-refractivity contribution in [3.05, 3.63) is 47.1 Å². The predicted octanol–water partition coefficient (Wildman–Crippen LogP) is 3.47. The predicted molar refractivity (Wildman–Crippen MR) is 68.7 cm³/mol. The molecule has 17 heavy (non-hydrogen) atoms. The Labute approximate surface area is 101 Å². The maximum Gasteiger partial charge on any atom is 0.163 e. The average Bonchev–Trinajstić information content (AvgIpc) is 2.30. The Morgan fingerprint density at radius 1 is 1.18 bits per heavy atom. The van der Waals surface area contributed by atoms with E-state index < -0.39 is 0 Å². The smallest absolute Gasteiger partial charge is 0.163 e. The SMILES string of the molecule is CC(C)=C1C=C(c2ccccc2O)C(=O)CC1. The molecule has 2 heteroatoms. The summed E-state index contributed by atoms with van der Waals surface area (Å²) < 4.78 is 0. The number of benzene rings is 1. The first-order valence-corrected chi connectivity index (χ1v) is 5.79. The summed E-state index contributed by atoms with van der Waals surface area (Å²) in [6.45, 7) is 4.09. The number of para-hydroxylation sites is 1. The van der Waals surface area contributed by atoms with Crippen LogP contribution >= 0.6 is 0 Å². The number of hydrogen-bond acceptors (Lipinski definition) is 2. The minimum absolute atomic E-state index is 0.108. The summed E-state index contributed by atoms with van der Waals surface area (Å²) >= 11 is 0. The average molecular weight is 228 g/mol. The molecule has 1 aromatic rings. The van der Waals surface area contributed by atoms with Gasteiger partial charge >= 0.3 is 0 Å². The van der Waals surface area contributed by atoms with Gasteiger partial charge in [0, 0.05) is 17.6 Å². The third-order valence-corrected chi connectivity index (χ3v) is 3.08. The number of hydrogen-bond donors (Lipinski definition) is 1. The van der Waals surface area contributed by atoms with Crippen LogP contribution in [0.15, 0.2) is 41.5 Å². The van der Waals surface area contributed by atoms with Gasteiger partial charge in [0.2, 0.25) is 0 Å². The van der Waals surface area contributed by atoms with Crippen LogP contribution in [0.3, 0.4) is 0 Å². The molecule has 2 rings (SSSR count). The molecule has 88 valence electrons. The van der Waals surface area contributed by atoms with Crippen LogP contribution in [0, 0.1) is 0 Å². The highest BCUT2D eigenvalue weighted by Gasteiger charge is 2.20. The summed E-state index contributed by atoms with van der Waals surface area (Å²) in [4.78, 5) is 11.9. The van der Waals surface area contributed by atoms with E-state index in [0.717, 1.165) is 6.42 Å². The maximum absolute atomic E-state index is 11.9. The summed E-state index contributed by atoms with van der Waals surface area (Å²) in [5, 5.41) is 9.80. The van der Waals surface area contributed by atoms with Crippen LogP contribution in [0.2, 0.25) is 0 Å². The van der Waals surface area contributed by atoms with Crippen molar-refractivity contribution in [3.8, 4) is 5.75 Å². The third kappa shape index (κ3) is 2.31. The van der Waals surface area contributed by atoms with Gasteiger partial charge in [0.05, 0.1) is 0 Å². The number of carbonyl (C=O) groups is 1. The quantitative estimate of drug-likeness (QED) is 0.799. The summed E-state index contributed by atoms with van der Waals surface area (Å²) in [6.07, 6.45) is 3.25. The fourth-order valence-electron chi connectivity index (χ4n) is 2.03. The zero-order valence-corrected chi connectivity index (χ0v) is 10.2. The van der Waals surface area contributed by atoms with Gasteiger partial charge in [0.15, 0.2) is 5.78 Å². The molecule has 1 N–H and O–H groups in total. The second-order valence-electron chi connectivity index (χ2n) is 4.52. The van der Waals surface area contributed by atoms with E-state index in [1.165, 1.54) is 11.1 Å². The van der Waals surface area contributed by atoms with Gasteiger partial charge in [-0.1, -0.05) is 23.8 Å². The van der Waals surface area contributed by atoms with Gasteiger partial charge in [-0.2, -0.15) is 0 Å². The van der Waals surface area contributed by atoms with E-state index in [2.05, 4.69) is 0 Å². The van der Waals surface area contributed by atoms with Crippen LogP contribution in [0.25, 0.3) is 5.57 Å². The highest BCUT2D eigenvalue weighted by Crippen LogP contribution is 2.32. The largest absolute Gasteiger partial charge is 0.507 e. The zero-order chi connectivity index (χ0) is 12.4. The second-order valence-corrected chi connectivity index (χ2v) is 4.52. The number of phenols is 1. The topological polar surface area (TPSA) is 37.3 Å². The van der Waals surface area contributed by atoms with Crippen LogP contribution < -0.4 is 0 Å². The molecule has 0 spiro atoms. The third-order valence-electron chi connectivity index (χ3n) is 3.08. The molecule has 0 saturated heterocycles. The number of ketones is 1. The van der Waals surface area contributed by atoms with Crippen LogP contribution in [-0.2, 0) is 4.79 Å². The molecular formula is C15H16O2. The molecule has 0 amide bonds. The Kier molecular flexibility index (Phi) is 3.14. The molecule has 1 aromatic carbocycles. The molecule has 0 saturated carbocycles. The van der Waals surface area contributed by atoms with Crippen molar-refractivity contribution in [2.75, 3.05) is 0 Å². The minimum atomic E-state index is 0.108. The van der Waals surface area contributed by atoms with Gasteiger partial charge in [0.25, 0.3) is 0 Å². The van der Waals surface area contributed by atoms with E-state index in [4.69, 9.17) is 0 Å². The van der Waals surface area contributed by atoms with Crippen molar-refractivity contribution >= 4 is 11.4 Å². The number of rotatable bonds is 1. The van der Waals surface area contributed by atoms with Gasteiger partial charge in [-0.3, -0.25) is 4.79 Å². The van der Waals surface area contributed by atoms with E-state index in [1.807, 2.05) is 26.0 Å². The first-order chi connectivity index (χ1) is 8.09. The van der Waals surface area contributed by atoms with Crippen LogP contribution in [0.4, 0.5) is 0 Å². The number of aromatic hydroxyl groups is 1. The van der Waals surface area contributed by atoms with Crippen molar-refractivity contribution in [1.82, 2.24) is 0 Å². The monoisotopic (exact) mass is 228 g/mol. The lowest BCUT2D eigenvalue weighted by molar-refractivity contribution is -0.113. The lowest BCUT2D eigenvalue weighted by Gasteiger charge is -2.16. The molecule has 0 unspecified atom stereocenters. The van der Waals surface area contributed by atoms with Crippen molar-refractivity contribution in [1.29, 1.82) is 0 Å². The summed E-state index contributed by atoms with van der Waals surface area (Å²) in [6, 6.07) is 6.99. The normalized spacial score (nSPS) is 15.8. The number of Topliss-reactive ketones (excluding diaryl/α,β-unsaturated/α-hetero) is 1. The highest BCUT2D eigenvalue weighted by molar-refractivity contribution is 6.22. The molecule has 0 bridgehead atoms. The van der Waals surface area contributed by atoms with E-state index in [0.29, 0.717) is 17.6 Å². The van der Waals surface area contributed by atoms with Gasteiger partial charge in [-0.05, 0) is 38.0 Å². The number of phenolic OH excluding ortho intramolecular Hbond substituents is 1. The van der Waals surface area contributed by atoms with Crippen LogP contribution in [0.5, 0.6) is 5.75 Å². The zero-order valence-electron chi connectivity index (χ0n) is 10.2. The number of allylic oxidation sites excluding steroid dienone is 4. The van der Waals surface area contributed by atoms with Crippen molar-refractivity contribution < 1.29 is 9.90 Å². The first kappa shape index (κ1) is 11.6.